The maximum Gasteiger partial charge on any atom is 0.110 e. The number of halogens is 1. The van der Waals surface area contributed by atoms with Crippen molar-refractivity contribution in [1.29, 1.82) is 5.26 Å². The molecule has 2 rings (SSSR count). The summed E-state index contributed by atoms with van der Waals surface area (Å²) in [5.74, 6) is 0. The molecule has 5 heteroatoms. The standard InChI is InChI=1S/C12H11ClN2S2/c13-12-4-3-9(17-12)5-6-15-8-11-2-1-10(7-14)16-11/h1-4,15H,5-6,8H2. The monoisotopic (exact) mass is 282 g/mol. The summed E-state index contributed by atoms with van der Waals surface area (Å²) >= 11 is 9.02. The molecule has 2 nitrogen and oxygen atoms in total. The second-order valence-corrected chi connectivity index (χ2v) is 6.48. The van der Waals surface area contributed by atoms with E-state index >= 15 is 0 Å². The average Bonchev–Trinajstić information content (AvgIpc) is 2.93. The van der Waals surface area contributed by atoms with Crippen molar-refractivity contribution < 1.29 is 0 Å². The molecule has 17 heavy (non-hydrogen) atoms. The second-order valence-electron chi connectivity index (χ2n) is 3.51. The molecular weight excluding hydrogens is 272 g/mol. The van der Waals surface area contributed by atoms with E-state index in [-0.39, 0.29) is 0 Å². The Kier molecular flexibility index (Phi) is 4.57. The van der Waals surface area contributed by atoms with Gasteiger partial charge in [0.15, 0.2) is 0 Å². The third-order valence-electron chi connectivity index (χ3n) is 2.25. The molecule has 2 heterocycles. The van der Waals surface area contributed by atoms with Crippen LogP contribution in [0, 0.1) is 11.3 Å². The molecule has 0 aliphatic heterocycles. The van der Waals surface area contributed by atoms with Crippen molar-refractivity contribution in [2.75, 3.05) is 6.54 Å². The molecule has 0 saturated heterocycles. The quantitative estimate of drug-likeness (QED) is 0.850. The van der Waals surface area contributed by atoms with Gasteiger partial charge in [-0.3, -0.25) is 0 Å². The van der Waals surface area contributed by atoms with Crippen molar-refractivity contribution in [1.82, 2.24) is 5.32 Å². The maximum atomic E-state index is 8.70. The lowest BCUT2D eigenvalue weighted by molar-refractivity contribution is 0.697. The highest BCUT2D eigenvalue weighted by Crippen LogP contribution is 2.21. The molecule has 0 amide bonds. The van der Waals surface area contributed by atoms with Crippen molar-refractivity contribution in [3.8, 4) is 6.07 Å². The summed E-state index contributed by atoms with van der Waals surface area (Å²) in [6, 6.07) is 10.00. The number of thiophene rings is 2. The molecule has 0 saturated carbocycles. The van der Waals surface area contributed by atoms with Crippen LogP contribution >= 0.6 is 34.3 Å². The van der Waals surface area contributed by atoms with Gasteiger partial charge in [-0.1, -0.05) is 11.6 Å². The molecule has 0 fully saturated rings. The van der Waals surface area contributed by atoms with Gasteiger partial charge in [0.05, 0.1) is 4.34 Å². The van der Waals surface area contributed by atoms with Crippen LogP contribution in [0.4, 0.5) is 0 Å². The molecule has 88 valence electrons. The number of nitriles is 1. The van der Waals surface area contributed by atoms with Crippen LogP contribution in [0.2, 0.25) is 4.34 Å². The third-order valence-corrected chi connectivity index (χ3v) is 4.53. The summed E-state index contributed by atoms with van der Waals surface area (Å²) in [4.78, 5) is 3.27. The van der Waals surface area contributed by atoms with E-state index in [1.54, 1.807) is 22.7 Å². The second kappa shape index (κ2) is 6.18. The topological polar surface area (TPSA) is 35.8 Å². The van der Waals surface area contributed by atoms with E-state index in [0.29, 0.717) is 0 Å². The summed E-state index contributed by atoms with van der Waals surface area (Å²) in [6.07, 6.45) is 0.994. The smallest absolute Gasteiger partial charge is 0.110 e. The lowest BCUT2D eigenvalue weighted by Crippen LogP contribution is -2.15. The number of hydrogen-bond donors (Lipinski definition) is 1. The molecular formula is C12H11ClN2S2. The fraction of sp³-hybridized carbons (Fsp3) is 0.250. The molecule has 2 aromatic rings. The van der Waals surface area contributed by atoms with Crippen LogP contribution in [0.1, 0.15) is 14.6 Å². The van der Waals surface area contributed by atoms with E-state index in [1.165, 1.54) is 9.75 Å². The SMILES string of the molecule is N#Cc1ccc(CNCCc2ccc(Cl)s2)s1. The van der Waals surface area contributed by atoms with E-state index in [9.17, 15) is 0 Å². The van der Waals surface area contributed by atoms with E-state index in [2.05, 4.69) is 17.5 Å². The van der Waals surface area contributed by atoms with Crippen LogP contribution in [0.15, 0.2) is 24.3 Å². The minimum Gasteiger partial charge on any atom is -0.311 e. The molecule has 0 bridgehead atoms. The molecule has 0 unspecified atom stereocenters. The summed E-state index contributed by atoms with van der Waals surface area (Å²) < 4.78 is 0.844. The Hall–Kier alpha value is -0.860. The fourth-order valence-corrected chi connectivity index (χ4v) is 3.30. The average molecular weight is 283 g/mol. The lowest BCUT2D eigenvalue weighted by Gasteiger charge is -2.00. The Labute approximate surface area is 113 Å². The maximum absolute atomic E-state index is 8.70. The van der Waals surface area contributed by atoms with Gasteiger partial charge >= 0.3 is 0 Å². The molecule has 0 atom stereocenters. The minimum atomic E-state index is 0.770. The largest absolute Gasteiger partial charge is 0.311 e. The van der Waals surface area contributed by atoms with E-state index in [0.717, 1.165) is 28.7 Å². The Morgan fingerprint density at radius 3 is 2.65 bits per heavy atom. The first kappa shape index (κ1) is 12.6. The van der Waals surface area contributed by atoms with Gasteiger partial charge in [-0.05, 0) is 30.7 Å². The van der Waals surface area contributed by atoms with Gasteiger partial charge in [-0.25, -0.2) is 0 Å². The number of nitrogens with one attached hydrogen (secondary N) is 1. The van der Waals surface area contributed by atoms with E-state index in [1.807, 2.05) is 18.2 Å². The van der Waals surface area contributed by atoms with Crippen LogP contribution in [0.3, 0.4) is 0 Å². The van der Waals surface area contributed by atoms with Gasteiger partial charge in [0.2, 0.25) is 0 Å². The van der Waals surface area contributed by atoms with Crippen molar-refractivity contribution in [2.24, 2.45) is 0 Å². The zero-order valence-corrected chi connectivity index (χ0v) is 11.5. The predicted octanol–water partition coefficient (Wildman–Crippen LogP) is 3.67. The normalized spacial score (nSPS) is 10.4. The van der Waals surface area contributed by atoms with Gasteiger partial charge < -0.3 is 5.32 Å². The summed E-state index contributed by atoms with van der Waals surface area (Å²) in [5.41, 5.74) is 0. The molecule has 0 aliphatic rings. The molecule has 0 aliphatic carbocycles. The Bertz CT molecular complexity index is 525. The van der Waals surface area contributed by atoms with Gasteiger partial charge in [-0.2, -0.15) is 5.26 Å². The first-order valence-corrected chi connectivity index (χ1v) is 7.23. The van der Waals surface area contributed by atoms with Gasteiger partial charge in [0.1, 0.15) is 10.9 Å². The highest BCUT2D eigenvalue weighted by Gasteiger charge is 2.00. The van der Waals surface area contributed by atoms with Crippen LogP contribution in [0.5, 0.6) is 0 Å². The van der Waals surface area contributed by atoms with Crippen LogP contribution in [-0.2, 0) is 13.0 Å². The fourth-order valence-electron chi connectivity index (χ4n) is 1.44. The summed E-state index contributed by atoms with van der Waals surface area (Å²) in [5, 5.41) is 12.1. The highest BCUT2D eigenvalue weighted by molar-refractivity contribution is 7.16. The van der Waals surface area contributed by atoms with Crippen LogP contribution in [-0.4, -0.2) is 6.54 Å². The van der Waals surface area contributed by atoms with Crippen LogP contribution < -0.4 is 5.32 Å². The third kappa shape index (κ3) is 3.83. The zero-order chi connectivity index (χ0) is 12.1. The van der Waals surface area contributed by atoms with E-state index < -0.39 is 0 Å². The molecule has 2 aromatic heterocycles. The van der Waals surface area contributed by atoms with Gasteiger partial charge in [0.25, 0.3) is 0 Å². The van der Waals surface area contributed by atoms with Crippen molar-refractivity contribution >= 4 is 34.3 Å². The van der Waals surface area contributed by atoms with Crippen molar-refractivity contribution in [3.05, 3.63) is 43.2 Å². The van der Waals surface area contributed by atoms with Crippen molar-refractivity contribution in [2.45, 2.75) is 13.0 Å². The Morgan fingerprint density at radius 1 is 1.18 bits per heavy atom. The number of rotatable bonds is 5. The zero-order valence-electron chi connectivity index (χ0n) is 9.07. The number of nitrogens with zero attached hydrogens (tertiary/aromatic N) is 1. The predicted molar refractivity (Wildman–Crippen MR) is 73.8 cm³/mol. The first-order valence-electron chi connectivity index (χ1n) is 5.21. The van der Waals surface area contributed by atoms with E-state index in [4.69, 9.17) is 16.9 Å². The Morgan fingerprint density at radius 2 is 2.00 bits per heavy atom. The Balaban J connectivity index is 1.71. The molecule has 0 radical (unpaired) electrons. The highest BCUT2D eigenvalue weighted by atomic mass is 35.5. The van der Waals surface area contributed by atoms with Gasteiger partial charge in [-0.15, -0.1) is 22.7 Å². The van der Waals surface area contributed by atoms with Crippen molar-refractivity contribution in [3.63, 3.8) is 0 Å². The lowest BCUT2D eigenvalue weighted by atomic mass is 10.3. The molecule has 1 N–H and O–H groups in total. The summed E-state index contributed by atoms with van der Waals surface area (Å²) in [6.45, 7) is 1.75. The first-order chi connectivity index (χ1) is 8.28. The molecule has 0 aromatic carbocycles. The van der Waals surface area contributed by atoms with Crippen LogP contribution in [0.25, 0.3) is 0 Å². The van der Waals surface area contributed by atoms with Gasteiger partial charge in [0, 0.05) is 22.8 Å². The molecule has 0 spiro atoms. The minimum absolute atomic E-state index is 0.770. The number of hydrogen-bond acceptors (Lipinski definition) is 4. The summed E-state index contributed by atoms with van der Waals surface area (Å²) in [7, 11) is 0.